The highest BCUT2D eigenvalue weighted by Gasteiger charge is 2.56. The monoisotopic (exact) mass is 344 g/mol. The molecular weight excluding hydrogens is 320 g/mol. The van der Waals surface area contributed by atoms with E-state index in [2.05, 4.69) is 10.1 Å². The second kappa shape index (κ2) is 5.42. The van der Waals surface area contributed by atoms with Gasteiger partial charge in [-0.25, -0.2) is 0 Å². The average molecular weight is 344 g/mol. The maximum atomic E-state index is 12.5. The van der Waals surface area contributed by atoms with Crippen LogP contribution in [0.5, 0.6) is 0 Å². The second-order valence-corrected chi connectivity index (χ2v) is 7.60. The highest BCUT2D eigenvalue weighted by molar-refractivity contribution is 5.83. The van der Waals surface area contributed by atoms with Gasteiger partial charge < -0.3 is 15.0 Å². The Morgan fingerprint density at radius 2 is 2.20 bits per heavy atom. The molecular formula is C18H24N4O3. The third-order valence-corrected chi connectivity index (χ3v) is 5.91. The van der Waals surface area contributed by atoms with Crippen molar-refractivity contribution in [1.82, 2.24) is 19.7 Å². The Morgan fingerprint density at radius 1 is 1.44 bits per heavy atom. The van der Waals surface area contributed by atoms with E-state index in [0.717, 1.165) is 29.5 Å². The number of rotatable bonds is 3. The van der Waals surface area contributed by atoms with Crippen LogP contribution in [0.1, 0.15) is 36.1 Å². The molecule has 7 heteroatoms. The minimum atomic E-state index is -0.646. The molecule has 1 saturated carbocycles. The lowest BCUT2D eigenvalue weighted by Crippen LogP contribution is -2.43. The van der Waals surface area contributed by atoms with Crippen molar-refractivity contribution in [2.75, 3.05) is 13.1 Å². The van der Waals surface area contributed by atoms with Gasteiger partial charge in [-0.15, -0.1) is 0 Å². The molecule has 0 unspecified atom stereocenters. The predicted octanol–water partition coefficient (Wildman–Crippen LogP) is 0.794. The molecule has 3 heterocycles. The van der Waals surface area contributed by atoms with Crippen LogP contribution in [-0.2, 0) is 18.3 Å². The molecule has 0 aromatic carbocycles. The molecule has 4 rings (SSSR count). The number of aliphatic hydroxyl groups is 1. The smallest absolute Gasteiger partial charge is 0.253 e. The van der Waals surface area contributed by atoms with Crippen LogP contribution in [0.3, 0.4) is 0 Å². The highest BCUT2D eigenvalue weighted by atomic mass is 16.3. The Bertz CT molecular complexity index is 929. The topological polar surface area (TPSA) is 91.2 Å². The number of aromatic nitrogens is 3. The number of piperidine rings is 1. The van der Waals surface area contributed by atoms with Crippen molar-refractivity contribution in [3.63, 3.8) is 0 Å². The van der Waals surface area contributed by atoms with E-state index in [1.54, 1.807) is 16.6 Å². The van der Waals surface area contributed by atoms with Crippen molar-refractivity contribution in [2.45, 2.75) is 45.1 Å². The number of carbonyl (C=O) groups excluding carboxylic acids is 1. The number of pyridine rings is 1. The fourth-order valence-corrected chi connectivity index (χ4v) is 4.31. The van der Waals surface area contributed by atoms with Gasteiger partial charge in [0, 0.05) is 37.5 Å². The van der Waals surface area contributed by atoms with Gasteiger partial charge in [-0.3, -0.25) is 14.3 Å². The van der Waals surface area contributed by atoms with Gasteiger partial charge in [0.25, 0.3) is 5.56 Å². The van der Waals surface area contributed by atoms with Crippen LogP contribution in [-0.4, -0.2) is 49.4 Å². The third-order valence-electron chi connectivity index (χ3n) is 5.91. The number of H-pyrrole nitrogens is 1. The van der Waals surface area contributed by atoms with E-state index < -0.39 is 5.60 Å². The lowest BCUT2D eigenvalue weighted by atomic mass is 10.0. The normalized spacial score (nSPS) is 25.3. The molecule has 0 radical (unpaired) electrons. The van der Waals surface area contributed by atoms with Crippen molar-refractivity contribution in [2.24, 2.45) is 13.0 Å². The van der Waals surface area contributed by atoms with Crippen molar-refractivity contribution in [3.8, 4) is 0 Å². The first kappa shape index (κ1) is 16.3. The molecule has 7 nitrogen and oxygen atoms in total. The number of nitrogens with zero attached hydrogens (tertiary/aromatic N) is 3. The van der Waals surface area contributed by atoms with Gasteiger partial charge in [-0.2, -0.15) is 5.10 Å². The second-order valence-electron chi connectivity index (χ2n) is 7.60. The summed E-state index contributed by atoms with van der Waals surface area (Å²) in [6, 6.07) is 0. The van der Waals surface area contributed by atoms with Gasteiger partial charge >= 0.3 is 0 Å². The molecule has 0 bridgehead atoms. The van der Waals surface area contributed by atoms with Gasteiger partial charge in [0.05, 0.1) is 11.3 Å². The first-order valence-corrected chi connectivity index (χ1v) is 8.85. The molecule has 2 aliphatic rings. The summed E-state index contributed by atoms with van der Waals surface area (Å²) in [4.78, 5) is 29.6. The minimum Gasteiger partial charge on any atom is -0.388 e. The Labute approximate surface area is 145 Å². The predicted molar refractivity (Wildman–Crippen MR) is 93.4 cm³/mol. The van der Waals surface area contributed by atoms with Gasteiger partial charge in [-0.05, 0) is 44.6 Å². The van der Waals surface area contributed by atoms with Crippen molar-refractivity contribution >= 4 is 16.9 Å². The molecule has 2 aromatic heterocycles. The van der Waals surface area contributed by atoms with E-state index >= 15 is 0 Å². The summed E-state index contributed by atoms with van der Waals surface area (Å²) < 4.78 is 1.68. The average Bonchev–Trinajstić information content (AvgIpc) is 3.15. The number of carbonyl (C=O) groups is 1. The summed E-state index contributed by atoms with van der Waals surface area (Å²) in [7, 11) is 1.81. The third kappa shape index (κ3) is 2.57. The molecule has 134 valence electrons. The first-order chi connectivity index (χ1) is 11.8. The summed E-state index contributed by atoms with van der Waals surface area (Å²) in [6.07, 6.45) is 2.38. The first-order valence-electron chi connectivity index (χ1n) is 8.85. The van der Waals surface area contributed by atoms with Crippen LogP contribution in [0.2, 0.25) is 0 Å². The number of likely N-dealkylation sites (tertiary alicyclic amines) is 1. The van der Waals surface area contributed by atoms with Crippen LogP contribution in [0.15, 0.2) is 4.79 Å². The molecule has 2 fully saturated rings. The fourth-order valence-electron chi connectivity index (χ4n) is 4.31. The van der Waals surface area contributed by atoms with E-state index in [4.69, 9.17) is 0 Å². The molecule has 0 spiro atoms. The molecule has 1 aliphatic carbocycles. The molecule has 2 aromatic rings. The molecule has 1 amide bonds. The number of hydrogen-bond donors (Lipinski definition) is 2. The van der Waals surface area contributed by atoms with Gasteiger partial charge in [0.1, 0.15) is 5.65 Å². The number of nitrogens with one attached hydrogen (secondary N) is 1. The number of amides is 1. The number of β-amino-alcohol motifs (C(OH)–C–C–N with tert-alkyl or cyclic N) is 1. The lowest BCUT2D eigenvalue weighted by Gasteiger charge is -2.30. The van der Waals surface area contributed by atoms with Crippen LogP contribution < -0.4 is 5.56 Å². The summed E-state index contributed by atoms with van der Waals surface area (Å²) in [5.41, 5.74) is 2.34. The summed E-state index contributed by atoms with van der Waals surface area (Å²) in [5, 5.41) is 15.6. The summed E-state index contributed by atoms with van der Waals surface area (Å²) in [6.45, 7) is 4.99. The van der Waals surface area contributed by atoms with Crippen molar-refractivity contribution in [1.29, 1.82) is 0 Å². The van der Waals surface area contributed by atoms with E-state index in [0.29, 0.717) is 36.6 Å². The maximum Gasteiger partial charge on any atom is 0.253 e. The zero-order chi connectivity index (χ0) is 17.9. The van der Waals surface area contributed by atoms with Crippen LogP contribution in [0.25, 0.3) is 11.0 Å². The molecule has 2 N–H and O–H groups in total. The zero-order valence-corrected chi connectivity index (χ0v) is 14.9. The zero-order valence-electron chi connectivity index (χ0n) is 14.9. The quantitative estimate of drug-likeness (QED) is 0.861. The Morgan fingerprint density at radius 3 is 2.92 bits per heavy atom. The highest BCUT2D eigenvalue weighted by Crippen LogP contribution is 2.49. The van der Waals surface area contributed by atoms with Crippen molar-refractivity contribution in [3.05, 3.63) is 27.2 Å². The van der Waals surface area contributed by atoms with E-state index in [1.165, 1.54) is 0 Å². The molecule has 1 aliphatic heterocycles. The number of hydrogen-bond acceptors (Lipinski definition) is 4. The number of aromatic amines is 1. The minimum absolute atomic E-state index is 0.0144. The van der Waals surface area contributed by atoms with Crippen molar-refractivity contribution < 1.29 is 9.90 Å². The molecule has 2 atom stereocenters. The molecule has 25 heavy (non-hydrogen) atoms. The number of aryl methyl sites for hydroxylation is 3. The fraction of sp³-hybridized carbons (Fsp3) is 0.611. The van der Waals surface area contributed by atoms with Gasteiger partial charge in [0.2, 0.25) is 5.91 Å². The van der Waals surface area contributed by atoms with Crippen LogP contribution >= 0.6 is 0 Å². The van der Waals surface area contributed by atoms with Crippen LogP contribution in [0, 0.1) is 19.8 Å². The summed E-state index contributed by atoms with van der Waals surface area (Å²) >= 11 is 0. The standard InChI is InChI=1S/C18H24N4O3/c1-10-13(17(24)19-16-15(10)11(2)20-21(16)3)4-5-14(23)22-7-6-12-8-18(12,25)9-22/h12,25H,4-9H2,1-3H3,(H,19,24)/t12-,18+/m1/s1. The maximum absolute atomic E-state index is 12.5. The Kier molecular flexibility index (Phi) is 3.54. The van der Waals surface area contributed by atoms with E-state index in [9.17, 15) is 14.7 Å². The largest absolute Gasteiger partial charge is 0.388 e. The van der Waals surface area contributed by atoms with Gasteiger partial charge in [0.15, 0.2) is 0 Å². The van der Waals surface area contributed by atoms with Crippen LogP contribution in [0.4, 0.5) is 0 Å². The lowest BCUT2D eigenvalue weighted by molar-refractivity contribution is -0.134. The van der Waals surface area contributed by atoms with E-state index in [-0.39, 0.29) is 17.9 Å². The summed E-state index contributed by atoms with van der Waals surface area (Å²) in [5.74, 6) is 0.387. The van der Waals surface area contributed by atoms with E-state index in [1.807, 2.05) is 13.8 Å². The molecule has 1 saturated heterocycles. The Balaban J connectivity index is 1.54. The SMILES string of the molecule is Cc1nn(C)c2[nH]c(=O)c(CCC(=O)N3CC[C@@H]4C[C@]4(O)C3)c(C)c12. The van der Waals surface area contributed by atoms with Gasteiger partial charge in [-0.1, -0.05) is 0 Å². The number of fused-ring (bicyclic) bond motifs is 2. The Hall–Kier alpha value is -2.15.